The molecule has 5 nitrogen and oxygen atoms in total. The van der Waals surface area contributed by atoms with E-state index in [2.05, 4.69) is 5.32 Å². The first-order valence-electron chi connectivity index (χ1n) is 5.99. The summed E-state index contributed by atoms with van der Waals surface area (Å²) in [6.45, 7) is 4.67. The Morgan fingerprint density at radius 1 is 1.25 bits per heavy atom. The molecule has 92 valence electrons. The van der Waals surface area contributed by atoms with E-state index >= 15 is 0 Å². The van der Waals surface area contributed by atoms with Gasteiger partial charge >= 0.3 is 0 Å². The first kappa shape index (κ1) is 10.9. The Hall–Kier alpha value is -0.200. The van der Waals surface area contributed by atoms with Crippen LogP contribution < -0.4 is 5.32 Å². The Morgan fingerprint density at radius 3 is 2.69 bits per heavy atom. The number of aliphatic hydroxyl groups excluding tert-OH is 1. The van der Waals surface area contributed by atoms with Crippen LogP contribution in [0.25, 0.3) is 0 Å². The van der Waals surface area contributed by atoms with Gasteiger partial charge in [0, 0.05) is 6.04 Å². The van der Waals surface area contributed by atoms with Crippen molar-refractivity contribution >= 4 is 0 Å². The molecule has 3 saturated heterocycles. The Kier molecular flexibility index (Phi) is 2.49. The Bertz CT molecular complexity index is 277. The van der Waals surface area contributed by atoms with E-state index in [1.807, 2.05) is 13.8 Å². The lowest BCUT2D eigenvalue weighted by Crippen LogP contribution is -2.44. The summed E-state index contributed by atoms with van der Waals surface area (Å²) in [7, 11) is 0. The average Bonchev–Trinajstić information content (AvgIpc) is 2.84. The van der Waals surface area contributed by atoms with E-state index in [1.165, 1.54) is 0 Å². The molecule has 3 fully saturated rings. The highest BCUT2D eigenvalue weighted by Crippen LogP contribution is 2.39. The summed E-state index contributed by atoms with van der Waals surface area (Å²) < 4.78 is 17.0. The van der Waals surface area contributed by atoms with E-state index in [0.717, 1.165) is 19.4 Å². The van der Waals surface area contributed by atoms with E-state index in [9.17, 15) is 5.11 Å². The normalized spacial score (nSPS) is 50.8. The van der Waals surface area contributed by atoms with Crippen LogP contribution in [0, 0.1) is 0 Å². The maximum absolute atomic E-state index is 10.2. The van der Waals surface area contributed by atoms with Gasteiger partial charge in [0.1, 0.15) is 18.3 Å². The lowest BCUT2D eigenvalue weighted by Gasteiger charge is -2.26. The molecule has 3 rings (SSSR count). The zero-order valence-corrected chi connectivity index (χ0v) is 9.68. The minimum Gasteiger partial charge on any atom is -0.387 e. The summed E-state index contributed by atoms with van der Waals surface area (Å²) in [4.78, 5) is 0. The second-order valence-corrected chi connectivity index (χ2v) is 5.26. The lowest BCUT2D eigenvalue weighted by atomic mass is 10.0. The van der Waals surface area contributed by atoms with Crippen molar-refractivity contribution in [1.29, 1.82) is 0 Å². The third kappa shape index (κ3) is 1.67. The molecule has 3 aliphatic rings. The van der Waals surface area contributed by atoms with Gasteiger partial charge in [0.15, 0.2) is 12.1 Å². The van der Waals surface area contributed by atoms with Crippen LogP contribution in [-0.4, -0.2) is 48.1 Å². The molecule has 3 heterocycles. The maximum Gasteiger partial charge on any atom is 0.190 e. The van der Waals surface area contributed by atoms with E-state index in [1.54, 1.807) is 0 Å². The molecular weight excluding hydrogens is 210 g/mol. The Morgan fingerprint density at radius 2 is 2.06 bits per heavy atom. The summed E-state index contributed by atoms with van der Waals surface area (Å²) in [5.74, 6) is -0.648. The molecule has 2 N–H and O–H groups in total. The van der Waals surface area contributed by atoms with Crippen molar-refractivity contribution in [2.45, 2.75) is 63.1 Å². The van der Waals surface area contributed by atoms with Gasteiger partial charge in [-0.05, 0) is 33.2 Å². The van der Waals surface area contributed by atoms with Crippen molar-refractivity contribution in [2.24, 2.45) is 0 Å². The van der Waals surface area contributed by atoms with Gasteiger partial charge in [0.2, 0.25) is 0 Å². The number of aliphatic hydroxyl groups is 1. The zero-order chi connectivity index (χ0) is 11.3. The second-order valence-electron chi connectivity index (χ2n) is 5.26. The van der Waals surface area contributed by atoms with Gasteiger partial charge in [0.25, 0.3) is 0 Å². The summed E-state index contributed by atoms with van der Waals surface area (Å²) in [6, 6.07) is 0.232. The third-order valence-corrected chi connectivity index (χ3v) is 3.55. The molecule has 0 spiro atoms. The van der Waals surface area contributed by atoms with Crippen LogP contribution in [-0.2, 0) is 14.2 Å². The van der Waals surface area contributed by atoms with Crippen molar-refractivity contribution in [3.8, 4) is 0 Å². The van der Waals surface area contributed by atoms with Crippen molar-refractivity contribution in [1.82, 2.24) is 5.32 Å². The molecule has 0 unspecified atom stereocenters. The fourth-order valence-corrected chi connectivity index (χ4v) is 2.84. The minimum absolute atomic E-state index is 0.200. The number of hydrogen-bond donors (Lipinski definition) is 2. The summed E-state index contributed by atoms with van der Waals surface area (Å²) in [5, 5.41) is 13.5. The highest BCUT2D eigenvalue weighted by molar-refractivity contribution is 4.99. The summed E-state index contributed by atoms with van der Waals surface area (Å²) in [5.41, 5.74) is 0. The fraction of sp³-hybridized carbons (Fsp3) is 1.00. The largest absolute Gasteiger partial charge is 0.387 e. The fourth-order valence-electron chi connectivity index (χ4n) is 2.84. The van der Waals surface area contributed by atoms with Crippen LogP contribution in [0.2, 0.25) is 0 Å². The van der Waals surface area contributed by atoms with Crippen LogP contribution in [0.4, 0.5) is 0 Å². The molecule has 0 radical (unpaired) electrons. The molecule has 0 aromatic heterocycles. The number of fused-ring (bicyclic) bond motifs is 1. The van der Waals surface area contributed by atoms with Crippen LogP contribution in [0.15, 0.2) is 0 Å². The van der Waals surface area contributed by atoms with Gasteiger partial charge in [-0.1, -0.05) is 0 Å². The third-order valence-electron chi connectivity index (χ3n) is 3.55. The van der Waals surface area contributed by atoms with Crippen molar-refractivity contribution < 1.29 is 19.3 Å². The van der Waals surface area contributed by atoms with Gasteiger partial charge in [-0.15, -0.1) is 0 Å². The number of ether oxygens (including phenoxy) is 3. The van der Waals surface area contributed by atoms with E-state index in [0.29, 0.717) is 0 Å². The van der Waals surface area contributed by atoms with E-state index < -0.39 is 18.2 Å². The number of rotatable bonds is 1. The average molecular weight is 229 g/mol. The molecule has 0 aromatic carbocycles. The molecule has 3 aliphatic heterocycles. The predicted octanol–water partition coefficient (Wildman–Crippen LogP) is -0.0243. The van der Waals surface area contributed by atoms with Crippen molar-refractivity contribution in [2.75, 3.05) is 6.54 Å². The Labute approximate surface area is 95.1 Å². The van der Waals surface area contributed by atoms with Gasteiger partial charge in [-0.3, -0.25) is 0 Å². The van der Waals surface area contributed by atoms with E-state index in [4.69, 9.17) is 14.2 Å². The van der Waals surface area contributed by atoms with Crippen molar-refractivity contribution in [3.63, 3.8) is 0 Å². The molecule has 0 amide bonds. The van der Waals surface area contributed by atoms with Crippen LogP contribution >= 0.6 is 0 Å². The Balaban J connectivity index is 1.70. The maximum atomic E-state index is 10.2. The molecule has 5 atom stereocenters. The van der Waals surface area contributed by atoms with Gasteiger partial charge < -0.3 is 24.6 Å². The zero-order valence-electron chi connectivity index (χ0n) is 9.68. The van der Waals surface area contributed by atoms with Crippen LogP contribution in [0.1, 0.15) is 26.7 Å². The van der Waals surface area contributed by atoms with Gasteiger partial charge in [-0.2, -0.15) is 0 Å². The first-order valence-corrected chi connectivity index (χ1v) is 5.99. The standard InChI is InChI=1S/C11H19NO4/c1-11(2)15-9-7(13)8(14-10(9)16-11)6-4-3-5-12-6/h6-10,12-13H,3-5H2,1-2H3/t6-,7-,8+,9+,10+/m0/s1. The SMILES string of the molecule is CC1(C)O[C@H]2O[C@H]([C@@H]3CCCN3)[C@H](O)[C@H]2O1. The predicted molar refractivity (Wildman–Crippen MR) is 55.7 cm³/mol. The van der Waals surface area contributed by atoms with Gasteiger partial charge in [0.05, 0.1) is 0 Å². The van der Waals surface area contributed by atoms with Crippen molar-refractivity contribution in [3.05, 3.63) is 0 Å². The van der Waals surface area contributed by atoms with Crippen LogP contribution in [0.3, 0.4) is 0 Å². The number of hydrogen-bond acceptors (Lipinski definition) is 5. The molecule has 0 bridgehead atoms. The molecule has 0 aliphatic carbocycles. The minimum atomic E-state index is -0.648. The number of nitrogens with one attached hydrogen (secondary N) is 1. The molecular formula is C11H19NO4. The molecule has 0 saturated carbocycles. The highest BCUT2D eigenvalue weighted by Gasteiger charge is 2.56. The molecule has 16 heavy (non-hydrogen) atoms. The van der Waals surface area contributed by atoms with Gasteiger partial charge in [-0.25, -0.2) is 0 Å². The summed E-state index contributed by atoms with van der Waals surface area (Å²) >= 11 is 0. The lowest BCUT2D eigenvalue weighted by molar-refractivity contribution is -0.217. The second kappa shape index (κ2) is 3.65. The quantitative estimate of drug-likeness (QED) is 0.661. The van der Waals surface area contributed by atoms with E-state index in [-0.39, 0.29) is 18.2 Å². The summed E-state index contributed by atoms with van der Waals surface area (Å²) in [6.07, 6.45) is 0.625. The van der Waals surface area contributed by atoms with Crippen LogP contribution in [0.5, 0.6) is 0 Å². The monoisotopic (exact) mass is 229 g/mol. The first-order chi connectivity index (χ1) is 7.57. The molecule has 5 heteroatoms. The molecule has 0 aromatic rings. The topological polar surface area (TPSA) is 60.0 Å². The smallest absolute Gasteiger partial charge is 0.190 e. The highest BCUT2D eigenvalue weighted by atomic mass is 16.8.